The molecule has 0 bridgehead atoms. The third kappa shape index (κ3) is 2.80. The molecule has 0 amide bonds. The van der Waals surface area contributed by atoms with Gasteiger partial charge in [-0.2, -0.15) is 5.26 Å². The normalized spacial score (nSPS) is 9.88. The zero-order valence-electron chi connectivity index (χ0n) is 9.50. The number of hydrogen-bond donors (Lipinski definition) is 0. The van der Waals surface area contributed by atoms with Gasteiger partial charge in [-0.05, 0) is 12.1 Å². The lowest BCUT2D eigenvalue weighted by Crippen LogP contribution is -2.22. The monoisotopic (exact) mass is 244 g/mol. The fourth-order valence-electron chi connectivity index (χ4n) is 1.53. The van der Waals surface area contributed by atoms with Crippen LogP contribution in [0.4, 0.5) is 5.82 Å². The molecule has 0 fully saturated rings. The zero-order chi connectivity index (χ0) is 12.1. The molecule has 2 rings (SSSR count). The molecular formula is C12H12N4S. The summed E-state index contributed by atoms with van der Waals surface area (Å²) in [6, 6.07) is 5.71. The van der Waals surface area contributed by atoms with Gasteiger partial charge in [-0.15, -0.1) is 11.3 Å². The fraction of sp³-hybridized carbons (Fsp3) is 0.250. The highest BCUT2D eigenvalue weighted by atomic mass is 32.1. The summed E-state index contributed by atoms with van der Waals surface area (Å²) in [4.78, 5) is 10.5. The van der Waals surface area contributed by atoms with E-state index >= 15 is 0 Å². The number of nitrogens with zero attached hydrogens (tertiary/aromatic N) is 4. The summed E-state index contributed by atoms with van der Waals surface area (Å²) in [6.45, 7) is 0.805. The molecule has 17 heavy (non-hydrogen) atoms. The first-order valence-electron chi connectivity index (χ1n) is 5.26. The number of pyridine rings is 1. The van der Waals surface area contributed by atoms with E-state index in [1.165, 1.54) is 0 Å². The highest BCUT2D eigenvalue weighted by Crippen LogP contribution is 2.15. The number of likely N-dealkylation sites (N-methyl/N-ethyl adjacent to an activating group) is 1. The lowest BCUT2D eigenvalue weighted by atomic mass is 10.2. The molecule has 0 unspecified atom stereocenters. The topological polar surface area (TPSA) is 52.8 Å². The summed E-state index contributed by atoms with van der Waals surface area (Å²) in [7, 11) is 1.94. The number of rotatable bonds is 4. The summed E-state index contributed by atoms with van der Waals surface area (Å²) in [5.74, 6) is 0.728. The van der Waals surface area contributed by atoms with Crippen LogP contribution in [0, 0.1) is 11.3 Å². The average molecular weight is 244 g/mol. The van der Waals surface area contributed by atoms with Crippen LogP contribution >= 0.6 is 11.3 Å². The van der Waals surface area contributed by atoms with Gasteiger partial charge < -0.3 is 4.90 Å². The molecule has 5 heteroatoms. The van der Waals surface area contributed by atoms with Crippen molar-refractivity contribution in [2.75, 3.05) is 18.5 Å². The van der Waals surface area contributed by atoms with Crippen molar-refractivity contribution in [1.82, 2.24) is 9.97 Å². The molecule has 0 aliphatic carbocycles. The highest BCUT2D eigenvalue weighted by Gasteiger charge is 2.08. The van der Waals surface area contributed by atoms with E-state index in [4.69, 9.17) is 5.26 Å². The van der Waals surface area contributed by atoms with Crippen LogP contribution in [0.1, 0.15) is 10.6 Å². The van der Waals surface area contributed by atoms with Crippen LogP contribution in [0.25, 0.3) is 0 Å². The smallest absolute Gasteiger partial charge is 0.146 e. The van der Waals surface area contributed by atoms with E-state index in [0.717, 1.165) is 23.8 Å². The van der Waals surface area contributed by atoms with Crippen LogP contribution in [0.15, 0.2) is 29.9 Å². The Morgan fingerprint density at radius 1 is 1.41 bits per heavy atom. The minimum atomic E-state index is 0.606. The summed E-state index contributed by atoms with van der Waals surface area (Å²) in [5, 5.41) is 12.1. The highest BCUT2D eigenvalue weighted by molar-refractivity contribution is 7.09. The Morgan fingerprint density at radius 3 is 3.00 bits per heavy atom. The first-order valence-corrected chi connectivity index (χ1v) is 6.14. The maximum Gasteiger partial charge on any atom is 0.146 e. The van der Waals surface area contributed by atoms with Crippen LogP contribution in [0.5, 0.6) is 0 Å². The van der Waals surface area contributed by atoms with Crippen molar-refractivity contribution < 1.29 is 0 Å². The third-order valence-corrected chi connectivity index (χ3v) is 3.25. The first-order chi connectivity index (χ1) is 8.31. The third-order valence-electron chi connectivity index (χ3n) is 2.41. The Hall–Kier alpha value is -1.93. The quantitative estimate of drug-likeness (QED) is 0.826. The summed E-state index contributed by atoms with van der Waals surface area (Å²) in [5.41, 5.74) is 0.606. The number of thiazole rings is 1. The molecule has 0 N–H and O–H groups in total. The minimum absolute atomic E-state index is 0.606. The van der Waals surface area contributed by atoms with Gasteiger partial charge in [0.05, 0.1) is 10.6 Å². The molecule has 0 spiro atoms. The predicted octanol–water partition coefficient (Wildman–Crippen LogP) is 2.09. The Labute approximate surface area is 104 Å². The zero-order valence-corrected chi connectivity index (χ0v) is 10.3. The van der Waals surface area contributed by atoms with Crippen molar-refractivity contribution in [1.29, 1.82) is 5.26 Å². The molecule has 86 valence electrons. The number of anilines is 1. The lowest BCUT2D eigenvalue weighted by molar-refractivity contribution is 0.852. The summed E-state index contributed by atoms with van der Waals surface area (Å²) < 4.78 is 0. The van der Waals surface area contributed by atoms with E-state index < -0.39 is 0 Å². The Balaban J connectivity index is 2.05. The van der Waals surface area contributed by atoms with Gasteiger partial charge in [0.2, 0.25) is 0 Å². The molecule has 2 aromatic rings. The maximum atomic E-state index is 8.99. The first kappa shape index (κ1) is 11.6. The number of hydrogen-bond acceptors (Lipinski definition) is 5. The van der Waals surface area contributed by atoms with Crippen LogP contribution in [-0.2, 0) is 6.42 Å². The average Bonchev–Trinajstić information content (AvgIpc) is 2.89. The fourth-order valence-corrected chi connectivity index (χ4v) is 2.14. The van der Waals surface area contributed by atoms with Gasteiger partial charge in [0.1, 0.15) is 11.9 Å². The SMILES string of the molecule is CN(CCc1nccs1)c1ncccc1C#N. The largest absolute Gasteiger partial charge is 0.358 e. The number of nitriles is 1. The van der Waals surface area contributed by atoms with Gasteiger partial charge in [0, 0.05) is 37.8 Å². The van der Waals surface area contributed by atoms with Crippen molar-refractivity contribution in [2.45, 2.75) is 6.42 Å². The Bertz CT molecular complexity index is 516. The van der Waals surface area contributed by atoms with E-state index in [9.17, 15) is 0 Å². The molecule has 0 aromatic carbocycles. The van der Waals surface area contributed by atoms with Gasteiger partial charge in [-0.25, -0.2) is 9.97 Å². The lowest BCUT2D eigenvalue weighted by Gasteiger charge is -2.18. The summed E-state index contributed by atoms with van der Waals surface area (Å²) >= 11 is 1.65. The standard InChI is InChI=1S/C12H12N4S/c1-16(7-4-11-14-6-8-17-11)12-10(9-13)3-2-5-15-12/h2-3,5-6,8H,4,7H2,1H3. The van der Waals surface area contributed by atoms with E-state index in [2.05, 4.69) is 16.0 Å². The minimum Gasteiger partial charge on any atom is -0.358 e. The molecule has 0 atom stereocenters. The van der Waals surface area contributed by atoms with E-state index in [1.54, 1.807) is 29.7 Å². The molecular weight excluding hydrogens is 232 g/mol. The maximum absolute atomic E-state index is 8.99. The molecule has 0 saturated carbocycles. The van der Waals surface area contributed by atoms with Gasteiger partial charge in [-0.3, -0.25) is 0 Å². The van der Waals surface area contributed by atoms with E-state index in [1.807, 2.05) is 23.5 Å². The second-order valence-corrected chi connectivity index (χ2v) is 4.56. The molecule has 2 aromatic heterocycles. The Kier molecular flexibility index (Phi) is 3.68. The van der Waals surface area contributed by atoms with E-state index in [0.29, 0.717) is 5.56 Å². The number of aromatic nitrogens is 2. The molecule has 0 aliphatic heterocycles. The van der Waals surface area contributed by atoms with Crippen molar-refractivity contribution in [2.24, 2.45) is 0 Å². The van der Waals surface area contributed by atoms with Crippen molar-refractivity contribution in [3.8, 4) is 6.07 Å². The summed E-state index contributed by atoms with van der Waals surface area (Å²) in [6.07, 6.45) is 4.38. The van der Waals surface area contributed by atoms with Gasteiger partial charge >= 0.3 is 0 Å². The Morgan fingerprint density at radius 2 is 2.29 bits per heavy atom. The van der Waals surface area contributed by atoms with E-state index in [-0.39, 0.29) is 0 Å². The molecule has 4 nitrogen and oxygen atoms in total. The van der Waals surface area contributed by atoms with Crippen molar-refractivity contribution >= 4 is 17.2 Å². The predicted molar refractivity (Wildman–Crippen MR) is 68.0 cm³/mol. The van der Waals surface area contributed by atoms with Crippen LogP contribution < -0.4 is 4.90 Å². The van der Waals surface area contributed by atoms with Crippen LogP contribution in [0.3, 0.4) is 0 Å². The van der Waals surface area contributed by atoms with Gasteiger partial charge in [-0.1, -0.05) is 0 Å². The van der Waals surface area contributed by atoms with Crippen LogP contribution in [-0.4, -0.2) is 23.6 Å². The van der Waals surface area contributed by atoms with Gasteiger partial charge in [0.15, 0.2) is 0 Å². The molecule has 0 saturated heterocycles. The van der Waals surface area contributed by atoms with Crippen molar-refractivity contribution in [3.63, 3.8) is 0 Å². The van der Waals surface area contributed by atoms with Crippen molar-refractivity contribution in [3.05, 3.63) is 40.5 Å². The molecule has 0 radical (unpaired) electrons. The molecule has 2 heterocycles. The molecule has 0 aliphatic rings. The second-order valence-electron chi connectivity index (χ2n) is 3.58. The van der Waals surface area contributed by atoms with Gasteiger partial charge in [0.25, 0.3) is 0 Å². The van der Waals surface area contributed by atoms with Crippen LogP contribution in [0.2, 0.25) is 0 Å². The second kappa shape index (κ2) is 5.41.